The number of aliphatic hydroxyl groups excluding tert-OH is 1. The van der Waals surface area contributed by atoms with Gasteiger partial charge in [0.15, 0.2) is 0 Å². The van der Waals surface area contributed by atoms with E-state index in [1.54, 1.807) is 0 Å². The van der Waals surface area contributed by atoms with Crippen molar-refractivity contribution >= 4 is 5.69 Å². The van der Waals surface area contributed by atoms with Crippen LogP contribution in [0.1, 0.15) is 28.7 Å². The summed E-state index contributed by atoms with van der Waals surface area (Å²) >= 11 is 0. The van der Waals surface area contributed by atoms with Gasteiger partial charge in [0.05, 0.1) is 22.8 Å². The largest absolute Gasteiger partial charge is 0.417 e. The molecule has 0 saturated carbocycles. The van der Waals surface area contributed by atoms with E-state index in [2.05, 4.69) is 0 Å². The summed E-state index contributed by atoms with van der Waals surface area (Å²) in [4.78, 5) is 1.32. The molecule has 9 heteroatoms. The number of aliphatic hydroxyl groups is 1. The molecule has 2 aromatic rings. The van der Waals surface area contributed by atoms with Crippen molar-refractivity contribution in [2.45, 2.75) is 25.3 Å². The van der Waals surface area contributed by atoms with Gasteiger partial charge in [-0.25, -0.2) is 0 Å². The Bertz CT molecular complexity index is 855. The smallest absolute Gasteiger partial charge is 0.396 e. The van der Waals surface area contributed by atoms with Crippen LogP contribution in [0.2, 0.25) is 0 Å². The predicted molar refractivity (Wildman–Crippen MR) is 90.4 cm³/mol. The van der Waals surface area contributed by atoms with Crippen LogP contribution in [0.25, 0.3) is 0 Å². The molecule has 0 aliphatic carbocycles. The predicted octanol–water partition coefficient (Wildman–Crippen LogP) is 4.98. The fourth-order valence-electron chi connectivity index (χ4n) is 2.76. The van der Waals surface area contributed by atoms with Crippen LogP contribution in [0.4, 0.5) is 32.0 Å². The molecule has 0 aromatic heterocycles. The summed E-state index contributed by atoms with van der Waals surface area (Å²) in [5, 5.41) is 17.9. The van der Waals surface area contributed by atoms with Crippen molar-refractivity contribution in [1.29, 1.82) is 5.26 Å². The van der Waals surface area contributed by atoms with Crippen molar-refractivity contribution in [3.8, 4) is 6.07 Å². The maximum absolute atomic E-state index is 13.2. The minimum Gasteiger partial charge on any atom is -0.396 e. The average Bonchev–Trinajstić information content (AvgIpc) is 2.63. The molecule has 0 heterocycles. The lowest BCUT2D eigenvalue weighted by Gasteiger charge is -2.27. The molecule has 1 N–H and O–H groups in total. The van der Waals surface area contributed by atoms with Gasteiger partial charge in [-0.05, 0) is 36.2 Å². The summed E-state index contributed by atoms with van der Waals surface area (Å²) in [6.07, 6.45) is -9.25. The molecule has 28 heavy (non-hydrogen) atoms. The molecule has 0 aliphatic rings. The number of alkyl halides is 6. The first kappa shape index (κ1) is 21.6. The zero-order valence-electron chi connectivity index (χ0n) is 14.5. The van der Waals surface area contributed by atoms with E-state index in [4.69, 9.17) is 10.4 Å². The number of hydrogen-bond acceptors (Lipinski definition) is 3. The van der Waals surface area contributed by atoms with Crippen molar-refractivity contribution < 1.29 is 31.4 Å². The molecular formula is C19H16F6N2O. The van der Waals surface area contributed by atoms with Crippen LogP contribution in [-0.4, -0.2) is 18.3 Å². The zero-order valence-corrected chi connectivity index (χ0v) is 14.5. The average molecular weight is 402 g/mol. The number of anilines is 1. The van der Waals surface area contributed by atoms with Gasteiger partial charge >= 0.3 is 12.4 Å². The van der Waals surface area contributed by atoms with Crippen LogP contribution in [0.3, 0.4) is 0 Å². The first-order valence-electron chi connectivity index (χ1n) is 8.20. The Morgan fingerprint density at radius 1 is 0.929 bits per heavy atom. The van der Waals surface area contributed by atoms with Crippen LogP contribution < -0.4 is 4.90 Å². The highest BCUT2D eigenvalue weighted by Crippen LogP contribution is 2.36. The third kappa shape index (κ3) is 5.16. The van der Waals surface area contributed by atoms with E-state index in [1.165, 1.54) is 35.2 Å². The summed E-state index contributed by atoms with van der Waals surface area (Å²) in [7, 11) is 0. The van der Waals surface area contributed by atoms with Crippen LogP contribution in [0, 0.1) is 11.3 Å². The lowest BCUT2D eigenvalue weighted by Crippen LogP contribution is -2.26. The Hall–Kier alpha value is -2.73. The number of halogens is 6. The van der Waals surface area contributed by atoms with Crippen molar-refractivity contribution in [2.75, 3.05) is 18.1 Å². The third-order valence-electron chi connectivity index (χ3n) is 4.06. The lowest BCUT2D eigenvalue weighted by atomic mass is 10.0. The van der Waals surface area contributed by atoms with Gasteiger partial charge in [-0.1, -0.05) is 18.2 Å². The first-order chi connectivity index (χ1) is 13.1. The fraction of sp³-hybridized carbons (Fsp3) is 0.316. The molecule has 0 spiro atoms. The maximum Gasteiger partial charge on any atom is 0.417 e. The molecule has 2 aromatic carbocycles. The van der Waals surface area contributed by atoms with Crippen molar-refractivity contribution in [3.63, 3.8) is 0 Å². The molecule has 0 radical (unpaired) electrons. The van der Waals surface area contributed by atoms with Gasteiger partial charge in [0.25, 0.3) is 0 Å². The Balaban J connectivity index is 2.48. The van der Waals surface area contributed by atoms with E-state index in [9.17, 15) is 26.3 Å². The van der Waals surface area contributed by atoms with Crippen LogP contribution >= 0.6 is 0 Å². The molecule has 3 nitrogen and oxygen atoms in total. The Kier molecular flexibility index (Phi) is 6.56. The second-order valence-electron chi connectivity index (χ2n) is 5.99. The second-order valence-corrected chi connectivity index (χ2v) is 5.99. The molecule has 0 unspecified atom stereocenters. The molecule has 0 bridgehead atoms. The minimum atomic E-state index is -4.78. The topological polar surface area (TPSA) is 47.3 Å². The summed E-state index contributed by atoms with van der Waals surface area (Å²) in [6.45, 7) is -0.551. The number of benzene rings is 2. The van der Waals surface area contributed by atoms with Crippen LogP contribution in [-0.2, 0) is 18.9 Å². The Morgan fingerprint density at radius 3 is 2.14 bits per heavy atom. The first-order valence-corrected chi connectivity index (χ1v) is 8.20. The summed E-state index contributed by atoms with van der Waals surface area (Å²) < 4.78 is 79.3. The SMILES string of the molecule is N#Cc1ccc(N(CCCO)Cc2ccccc2C(F)(F)F)cc1C(F)(F)F. The van der Waals surface area contributed by atoms with E-state index in [0.29, 0.717) is 0 Å². The molecule has 0 saturated heterocycles. The van der Waals surface area contributed by atoms with Gasteiger partial charge in [-0.2, -0.15) is 31.6 Å². The number of nitriles is 1. The molecule has 0 aliphatic heterocycles. The molecule has 0 fully saturated rings. The summed E-state index contributed by atoms with van der Waals surface area (Å²) in [6, 6.07) is 9.24. The van der Waals surface area contributed by atoms with E-state index in [1.807, 2.05) is 0 Å². The third-order valence-corrected chi connectivity index (χ3v) is 4.06. The van der Waals surface area contributed by atoms with E-state index in [-0.39, 0.29) is 37.4 Å². The molecular weight excluding hydrogens is 386 g/mol. The number of nitrogens with zero attached hydrogens (tertiary/aromatic N) is 2. The maximum atomic E-state index is 13.2. The number of rotatable bonds is 6. The van der Waals surface area contributed by atoms with Crippen molar-refractivity contribution in [1.82, 2.24) is 0 Å². The fourth-order valence-corrected chi connectivity index (χ4v) is 2.76. The Morgan fingerprint density at radius 2 is 1.57 bits per heavy atom. The summed E-state index contributed by atoms with van der Waals surface area (Å²) in [5.41, 5.74) is -2.71. The zero-order chi connectivity index (χ0) is 20.9. The van der Waals surface area contributed by atoms with Gasteiger partial charge in [0, 0.05) is 25.4 Å². The van der Waals surface area contributed by atoms with Crippen LogP contribution in [0.5, 0.6) is 0 Å². The van der Waals surface area contributed by atoms with E-state index < -0.39 is 29.0 Å². The van der Waals surface area contributed by atoms with Gasteiger partial charge < -0.3 is 10.0 Å². The quantitative estimate of drug-likeness (QED) is 0.693. The Labute approximate surface area is 157 Å². The summed E-state index contributed by atoms with van der Waals surface area (Å²) in [5.74, 6) is 0. The van der Waals surface area contributed by atoms with Crippen molar-refractivity contribution in [3.05, 3.63) is 64.7 Å². The number of hydrogen-bond donors (Lipinski definition) is 1. The molecule has 150 valence electrons. The monoisotopic (exact) mass is 402 g/mol. The van der Waals surface area contributed by atoms with Crippen molar-refractivity contribution in [2.24, 2.45) is 0 Å². The highest BCUT2D eigenvalue weighted by Gasteiger charge is 2.35. The standard InChI is InChI=1S/C19H16F6N2O/c20-18(21,22)16-5-2-1-4-14(16)12-27(8-3-9-28)15-7-6-13(11-26)17(10-15)19(23,24)25/h1-2,4-7,10,28H,3,8-9,12H2. The molecule has 0 atom stereocenters. The second kappa shape index (κ2) is 8.52. The highest BCUT2D eigenvalue weighted by atomic mass is 19.4. The van der Waals surface area contributed by atoms with E-state index in [0.717, 1.165) is 18.2 Å². The van der Waals surface area contributed by atoms with E-state index >= 15 is 0 Å². The normalized spacial score (nSPS) is 11.9. The van der Waals surface area contributed by atoms with Gasteiger partial charge in [0.1, 0.15) is 0 Å². The molecule has 2 rings (SSSR count). The highest BCUT2D eigenvalue weighted by molar-refractivity contribution is 5.55. The van der Waals surface area contributed by atoms with Gasteiger partial charge in [-0.3, -0.25) is 0 Å². The minimum absolute atomic E-state index is 0.0109. The van der Waals surface area contributed by atoms with Gasteiger partial charge in [0.2, 0.25) is 0 Å². The van der Waals surface area contributed by atoms with Gasteiger partial charge in [-0.15, -0.1) is 0 Å². The molecule has 0 amide bonds. The van der Waals surface area contributed by atoms with Crippen LogP contribution in [0.15, 0.2) is 42.5 Å². The lowest BCUT2D eigenvalue weighted by molar-refractivity contribution is -0.138.